The van der Waals surface area contributed by atoms with Crippen LogP contribution in [0.25, 0.3) is 0 Å². The molecule has 0 aliphatic heterocycles. The monoisotopic (exact) mass is 581 g/mol. The molecule has 0 bridgehead atoms. The summed E-state index contributed by atoms with van der Waals surface area (Å²) in [5.74, 6) is -1.72. The van der Waals surface area contributed by atoms with E-state index in [0.717, 1.165) is 18.4 Å². The lowest BCUT2D eigenvalue weighted by Gasteiger charge is -2.60. The first kappa shape index (κ1) is 31.0. The molecule has 9 atom stereocenters. The molecule has 0 aromatic heterocycles. The molecule has 0 saturated heterocycles. The van der Waals surface area contributed by atoms with Gasteiger partial charge in [-0.1, -0.05) is 26.3 Å². The van der Waals surface area contributed by atoms with Crippen LogP contribution in [0, 0.1) is 34.5 Å². The van der Waals surface area contributed by atoms with Gasteiger partial charge in [-0.15, -0.1) is 11.6 Å². The Morgan fingerprint density at radius 2 is 1.90 bits per heavy atom. The molecule has 0 radical (unpaired) electrons. The minimum atomic E-state index is -1.79. The number of fused-ring (bicyclic) bond motifs is 5. The maximum atomic E-state index is 13.6. The lowest BCUT2D eigenvalue weighted by Crippen LogP contribution is -2.63. The largest absolute Gasteiger partial charge is 0.456 e. The quantitative estimate of drug-likeness (QED) is 0.319. The van der Waals surface area contributed by atoms with Crippen molar-refractivity contribution in [1.29, 1.82) is 0 Å². The van der Waals surface area contributed by atoms with Crippen molar-refractivity contribution in [1.82, 2.24) is 5.32 Å². The first-order valence-electron chi connectivity index (χ1n) is 14.4. The lowest BCUT2D eigenvalue weighted by molar-refractivity contribution is -0.189. The number of esters is 1. The van der Waals surface area contributed by atoms with Gasteiger partial charge in [0.05, 0.1) is 6.10 Å². The van der Waals surface area contributed by atoms with Crippen molar-refractivity contribution >= 4 is 35.2 Å². The third kappa shape index (κ3) is 5.22. The number of ketones is 2. The summed E-state index contributed by atoms with van der Waals surface area (Å²) in [6, 6.07) is 0. The van der Waals surface area contributed by atoms with Crippen LogP contribution in [0.2, 0.25) is 0 Å². The van der Waals surface area contributed by atoms with E-state index in [0.29, 0.717) is 19.3 Å². The van der Waals surface area contributed by atoms with Gasteiger partial charge in [-0.2, -0.15) is 0 Å². The van der Waals surface area contributed by atoms with Gasteiger partial charge in [0, 0.05) is 18.4 Å². The molecule has 224 valence electrons. The summed E-state index contributed by atoms with van der Waals surface area (Å²) in [6.07, 6.45) is 3.90. The molecule has 1 amide bonds. The topological polar surface area (TPSA) is 139 Å². The number of allylic oxidation sites excluding steroid dienone is 1. The summed E-state index contributed by atoms with van der Waals surface area (Å²) in [4.78, 5) is 50.1. The molecule has 3 fully saturated rings. The van der Waals surface area contributed by atoms with E-state index in [4.69, 9.17) is 21.1 Å². The third-order valence-corrected chi connectivity index (χ3v) is 10.7. The van der Waals surface area contributed by atoms with E-state index in [1.54, 1.807) is 26.8 Å². The van der Waals surface area contributed by atoms with Gasteiger partial charge in [0.1, 0.15) is 16.6 Å². The number of alkyl halides is 1. The van der Waals surface area contributed by atoms with Gasteiger partial charge in [0.2, 0.25) is 5.78 Å². The van der Waals surface area contributed by atoms with Crippen LogP contribution in [0.15, 0.2) is 11.6 Å². The zero-order valence-electron chi connectivity index (χ0n) is 24.4. The Hall–Kier alpha value is -1.97. The number of hydrogen-bond donors (Lipinski definition) is 3. The van der Waals surface area contributed by atoms with Crippen molar-refractivity contribution in [3.8, 4) is 0 Å². The number of aliphatic hydroxyl groups excluding tert-OH is 1. The molecule has 0 aromatic rings. The predicted molar refractivity (Wildman–Crippen MR) is 147 cm³/mol. The summed E-state index contributed by atoms with van der Waals surface area (Å²) in [5, 5.41) is 24.8. The third-order valence-electron chi connectivity index (χ3n) is 10.3. The predicted octanol–water partition coefficient (Wildman–Crippen LogP) is 3.71. The highest BCUT2D eigenvalue weighted by Gasteiger charge is 2.70. The Balaban J connectivity index is 1.44. The van der Waals surface area contributed by atoms with E-state index in [9.17, 15) is 29.4 Å². The molecule has 4 aliphatic carbocycles. The molecule has 9 nitrogen and oxygen atoms in total. The number of rotatable bonds is 6. The second-order valence-electron chi connectivity index (χ2n) is 13.9. The summed E-state index contributed by atoms with van der Waals surface area (Å²) in [6.45, 7) is 10.1. The number of amides is 1. The highest BCUT2D eigenvalue weighted by molar-refractivity contribution is 6.30. The van der Waals surface area contributed by atoms with Gasteiger partial charge in [0.15, 0.2) is 12.4 Å². The van der Waals surface area contributed by atoms with Crippen LogP contribution in [0.3, 0.4) is 0 Å². The van der Waals surface area contributed by atoms with E-state index in [1.165, 1.54) is 0 Å². The Bertz CT molecular complexity index is 1100. The van der Waals surface area contributed by atoms with Crippen molar-refractivity contribution in [2.24, 2.45) is 34.5 Å². The van der Waals surface area contributed by atoms with Crippen LogP contribution in [-0.2, 0) is 23.9 Å². The van der Waals surface area contributed by atoms with Crippen molar-refractivity contribution in [3.05, 3.63) is 11.6 Å². The molecule has 4 aliphatic rings. The zero-order chi connectivity index (χ0) is 29.8. The Morgan fingerprint density at radius 1 is 1.23 bits per heavy atom. The number of halogens is 1. The Morgan fingerprint density at radius 3 is 2.55 bits per heavy atom. The van der Waals surface area contributed by atoms with Crippen molar-refractivity contribution in [2.75, 3.05) is 13.2 Å². The van der Waals surface area contributed by atoms with E-state index in [2.05, 4.69) is 12.2 Å². The Kier molecular flexibility index (Phi) is 8.29. The lowest BCUT2D eigenvalue weighted by atomic mass is 9.45. The molecule has 0 heterocycles. The van der Waals surface area contributed by atoms with Crippen molar-refractivity contribution in [3.63, 3.8) is 0 Å². The average Bonchev–Trinajstić information content (AvgIpc) is 3.06. The minimum Gasteiger partial charge on any atom is -0.456 e. The van der Waals surface area contributed by atoms with E-state index < -0.39 is 58.5 Å². The molecule has 0 spiro atoms. The number of nitrogens with one attached hydrogen (secondary N) is 1. The minimum absolute atomic E-state index is 0.00430. The maximum absolute atomic E-state index is 13.6. The van der Waals surface area contributed by atoms with Crippen LogP contribution in [0.5, 0.6) is 0 Å². The molecule has 40 heavy (non-hydrogen) atoms. The number of hydrogen-bond acceptors (Lipinski definition) is 8. The number of carbonyl (C=O) groups excluding carboxylic acids is 4. The SMILES string of the molecule is C[C@H]1CC2C3CCC4=CC(=O)CC[C@]4(C)C3[C@@H](O)C[C@]2(C)[C@@]1(O)C(=O)COC(=O)C(Cl)CNC(=O)OC(C)(C)C. The Labute approximate surface area is 241 Å². The number of ether oxygens (including phenoxy) is 2. The standard InChI is InChI=1S/C30H44ClNO8/c1-16-11-20-19-8-7-17-12-18(33)9-10-28(17,5)24(19)22(34)13-29(20,6)30(16,38)23(35)15-39-25(36)21(31)14-32-26(37)40-27(2,3)4/h12,16,19-22,24,34,38H,7-11,13-15H2,1-6H3,(H,32,37)/t16-,19?,20?,21?,22-,24?,28-,29-,30-/m0/s1. The fraction of sp³-hybridized carbons (Fsp3) is 0.800. The second kappa shape index (κ2) is 10.7. The molecular formula is C30H44ClNO8. The van der Waals surface area contributed by atoms with Crippen LogP contribution >= 0.6 is 11.6 Å². The summed E-state index contributed by atoms with van der Waals surface area (Å²) in [5.41, 5.74) is -2.56. The van der Waals surface area contributed by atoms with Crippen molar-refractivity contribution < 1.29 is 38.9 Å². The molecule has 3 N–H and O–H groups in total. The fourth-order valence-corrected chi connectivity index (χ4v) is 8.66. The van der Waals surface area contributed by atoms with Crippen LogP contribution in [0.1, 0.15) is 80.1 Å². The highest BCUT2D eigenvalue weighted by atomic mass is 35.5. The molecule has 10 heteroatoms. The molecule has 4 rings (SSSR count). The molecular weight excluding hydrogens is 538 g/mol. The van der Waals surface area contributed by atoms with Crippen LogP contribution in [-0.4, -0.2) is 69.7 Å². The smallest absolute Gasteiger partial charge is 0.407 e. The van der Waals surface area contributed by atoms with Crippen molar-refractivity contribution in [2.45, 2.75) is 103 Å². The number of carbonyl (C=O) groups is 4. The van der Waals surface area contributed by atoms with Gasteiger partial charge < -0.3 is 25.0 Å². The second-order valence-corrected chi connectivity index (χ2v) is 14.4. The van der Waals surface area contributed by atoms with Gasteiger partial charge in [-0.3, -0.25) is 14.4 Å². The van der Waals surface area contributed by atoms with Gasteiger partial charge in [-0.25, -0.2) is 4.79 Å². The average molecular weight is 582 g/mol. The number of Topliss-reactive ketones (excluding diaryl/α,β-unsaturated/α-hetero) is 1. The zero-order valence-corrected chi connectivity index (χ0v) is 25.2. The van der Waals surface area contributed by atoms with Crippen LogP contribution < -0.4 is 5.32 Å². The first-order chi connectivity index (χ1) is 18.4. The normalized spacial score (nSPS) is 39.7. The number of aliphatic hydroxyl groups is 2. The highest BCUT2D eigenvalue weighted by Crippen LogP contribution is 2.68. The molecule has 4 unspecified atom stereocenters. The van der Waals surface area contributed by atoms with Gasteiger partial charge >= 0.3 is 12.1 Å². The van der Waals surface area contributed by atoms with Gasteiger partial charge in [0.25, 0.3) is 0 Å². The van der Waals surface area contributed by atoms with E-state index in [-0.39, 0.29) is 41.9 Å². The van der Waals surface area contributed by atoms with E-state index >= 15 is 0 Å². The summed E-state index contributed by atoms with van der Waals surface area (Å²) >= 11 is 6.09. The first-order valence-corrected chi connectivity index (χ1v) is 14.8. The van der Waals surface area contributed by atoms with Crippen LogP contribution in [0.4, 0.5) is 4.79 Å². The number of alkyl carbamates (subject to hydrolysis) is 1. The van der Waals surface area contributed by atoms with Gasteiger partial charge in [-0.05, 0) is 88.0 Å². The fourth-order valence-electron chi connectivity index (χ4n) is 8.52. The van der Waals surface area contributed by atoms with E-state index in [1.807, 2.05) is 13.8 Å². The summed E-state index contributed by atoms with van der Waals surface area (Å²) in [7, 11) is 0. The summed E-state index contributed by atoms with van der Waals surface area (Å²) < 4.78 is 10.3. The maximum Gasteiger partial charge on any atom is 0.407 e. The molecule has 0 aromatic carbocycles. The molecule has 3 saturated carbocycles.